The standard InChI is InChI=1S/C18H27NO5S/c1-14-12-16(10-11-17(14)24-13-18(20)23-2)25(21,22)19-15-8-6-4-3-5-7-9-15/h10-12,15,19H,3-9,13H2,1-2H3. The zero-order chi connectivity index (χ0) is 18.3. The van der Waals surface area contributed by atoms with Gasteiger partial charge in [0.05, 0.1) is 12.0 Å². The molecule has 7 heteroatoms. The van der Waals surface area contributed by atoms with E-state index in [-0.39, 0.29) is 17.5 Å². The minimum Gasteiger partial charge on any atom is -0.482 e. The highest BCUT2D eigenvalue weighted by molar-refractivity contribution is 7.89. The van der Waals surface area contributed by atoms with E-state index in [1.54, 1.807) is 19.1 Å². The lowest BCUT2D eigenvalue weighted by Crippen LogP contribution is -2.35. The maximum Gasteiger partial charge on any atom is 0.343 e. The number of carbonyl (C=O) groups excluding carboxylic acids is 1. The summed E-state index contributed by atoms with van der Waals surface area (Å²) in [5.74, 6) is -0.0163. The molecule has 1 aliphatic rings. The quantitative estimate of drug-likeness (QED) is 0.780. The predicted molar refractivity (Wildman–Crippen MR) is 95.1 cm³/mol. The van der Waals surface area contributed by atoms with Gasteiger partial charge in [0.2, 0.25) is 10.0 Å². The van der Waals surface area contributed by atoms with Gasteiger partial charge in [0.1, 0.15) is 5.75 Å². The van der Waals surface area contributed by atoms with Crippen LogP contribution in [0.1, 0.15) is 50.5 Å². The summed E-state index contributed by atoms with van der Waals surface area (Å²) < 4.78 is 38.0. The van der Waals surface area contributed by atoms with Gasteiger partial charge >= 0.3 is 5.97 Å². The van der Waals surface area contributed by atoms with Crippen molar-refractivity contribution < 1.29 is 22.7 Å². The van der Waals surface area contributed by atoms with E-state index < -0.39 is 16.0 Å². The number of ether oxygens (including phenoxy) is 2. The van der Waals surface area contributed by atoms with Gasteiger partial charge < -0.3 is 9.47 Å². The van der Waals surface area contributed by atoms with E-state index >= 15 is 0 Å². The highest BCUT2D eigenvalue weighted by Gasteiger charge is 2.21. The molecule has 0 bridgehead atoms. The summed E-state index contributed by atoms with van der Waals surface area (Å²) in [6.45, 7) is 1.55. The van der Waals surface area contributed by atoms with Gasteiger partial charge in [-0.2, -0.15) is 0 Å². The summed E-state index contributed by atoms with van der Waals surface area (Å²) in [5, 5.41) is 0. The predicted octanol–water partition coefficient (Wildman–Crippen LogP) is 2.94. The van der Waals surface area contributed by atoms with Crippen LogP contribution in [0.15, 0.2) is 23.1 Å². The molecule has 0 saturated heterocycles. The fourth-order valence-corrected chi connectivity index (χ4v) is 4.40. The Balaban J connectivity index is 2.05. The van der Waals surface area contributed by atoms with E-state index in [9.17, 15) is 13.2 Å². The van der Waals surface area contributed by atoms with E-state index in [0.29, 0.717) is 11.3 Å². The second-order valence-electron chi connectivity index (χ2n) is 6.46. The van der Waals surface area contributed by atoms with Crippen molar-refractivity contribution in [3.63, 3.8) is 0 Å². The number of carbonyl (C=O) groups is 1. The van der Waals surface area contributed by atoms with Gasteiger partial charge in [0, 0.05) is 6.04 Å². The second kappa shape index (κ2) is 9.20. The molecule has 2 rings (SSSR count). The molecule has 0 heterocycles. The fourth-order valence-electron chi connectivity index (χ4n) is 3.01. The Morgan fingerprint density at radius 3 is 2.40 bits per heavy atom. The largest absolute Gasteiger partial charge is 0.482 e. The molecule has 0 radical (unpaired) electrons. The zero-order valence-electron chi connectivity index (χ0n) is 14.9. The van der Waals surface area contributed by atoms with Crippen LogP contribution in [0.2, 0.25) is 0 Å². The lowest BCUT2D eigenvalue weighted by Gasteiger charge is -2.21. The molecule has 0 aliphatic heterocycles. The molecular formula is C18H27NO5S. The van der Waals surface area contributed by atoms with Crippen LogP contribution in [-0.2, 0) is 19.6 Å². The van der Waals surface area contributed by atoms with Crippen molar-refractivity contribution in [2.45, 2.75) is 62.8 Å². The van der Waals surface area contributed by atoms with Gasteiger partial charge in [-0.05, 0) is 43.5 Å². The summed E-state index contributed by atoms with van der Waals surface area (Å²) in [6.07, 6.45) is 7.48. The van der Waals surface area contributed by atoms with Crippen molar-refractivity contribution in [3.05, 3.63) is 23.8 Å². The first-order valence-corrected chi connectivity index (χ1v) is 10.2. The molecule has 1 aromatic rings. The van der Waals surface area contributed by atoms with Crippen molar-refractivity contribution in [2.24, 2.45) is 0 Å². The third-order valence-corrected chi connectivity index (χ3v) is 5.98. The summed E-state index contributed by atoms with van der Waals surface area (Å²) >= 11 is 0. The summed E-state index contributed by atoms with van der Waals surface area (Å²) in [7, 11) is -2.27. The van der Waals surface area contributed by atoms with E-state index in [2.05, 4.69) is 9.46 Å². The molecule has 1 aromatic carbocycles. The number of aryl methyl sites for hydroxylation is 1. The van der Waals surface area contributed by atoms with Gasteiger partial charge in [0.25, 0.3) is 0 Å². The van der Waals surface area contributed by atoms with Gasteiger partial charge in [-0.25, -0.2) is 17.9 Å². The average molecular weight is 369 g/mol. The molecule has 1 N–H and O–H groups in total. The topological polar surface area (TPSA) is 81.7 Å². The molecule has 1 fully saturated rings. The number of sulfonamides is 1. The van der Waals surface area contributed by atoms with Gasteiger partial charge in [-0.1, -0.05) is 32.1 Å². The zero-order valence-corrected chi connectivity index (χ0v) is 15.7. The summed E-state index contributed by atoms with van der Waals surface area (Å²) in [4.78, 5) is 11.4. The van der Waals surface area contributed by atoms with Crippen LogP contribution in [-0.4, -0.2) is 34.1 Å². The molecule has 0 spiro atoms. The Bertz CT molecular complexity index is 679. The minimum atomic E-state index is -3.56. The minimum absolute atomic E-state index is 0.000794. The number of hydrogen-bond donors (Lipinski definition) is 1. The highest BCUT2D eigenvalue weighted by Crippen LogP contribution is 2.23. The molecule has 0 unspecified atom stereocenters. The van der Waals surface area contributed by atoms with Gasteiger partial charge in [-0.3, -0.25) is 0 Å². The number of esters is 1. The number of rotatable bonds is 6. The Morgan fingerprint density at radius 2 is 1.80 bits per heavy atom. The molecular weight excluding hydrogens is 342 g/mol. The Labute approximate surface area is 150 Å². The van der Waals surface area contributed by atoms with Crippen LogP contribution >= 0.6 is 0 Å². The molecule has 25 heavy (non-hydrogen) atoms. The van der Waals surface area contributed by atoms with Crippen LogP contribution in [0.4, 0.5) is 0 Å². The van der Waals surface area contributed by atoms with Crippen LogP contribution in [0, 0.1) is 6.92 Å². The molecule has 6 nitrogen and oxygen atoms in total. The highest BCUT2D eigenvalue weighted by atomic mass is 32.2. The average Bonchev–Trinajstić information content (AvgIpc) is 2.55. The van der Waals surface area contributed by atoms with Crippen LogP contribution in [0.5, 0.6) is 5.75 Å². The molecule has 0 atom stereocenters. The molecule has 1 saturated carbocycles. The lowest BCUT2D eigenvalue weighted by atomic mass is 9.97. The maximum absolute atomic E-state index is 12.6. The van der Waals surface area contributed by atoms with Crippen LogP contribution < -0.4 is 9.46 Å². The summed E-state index contributed by atoms with van der Waals surface area (Å²) in [5.41, 5.74) is 0.657. The van der Waals surface area contributed by atoms with E-state index in [1.807, 2.05) is 0 Å². The van der Waals surface area contributed by atoms with E-state index in [4.69, 9.17) is 4.74 Å². The molecule has 0 amide bonds. The van der Waals surface area contributed by atoms with Crippen molar-refractivity contribution in [1.82, 2.24) is 4.72 Å². The summed E-state index contributed by atoms with van der Waals surface area (Å²) in [6, 6.07) is 4.65. The van der Waals surface area contributed by atoms with Crippen molar-refractivity contribution in [3.8, 4) is 5.75 Å². The van der Waals surface area contributed by atoms with Crippen molar-refractivity contribution in [1.29, 1.82) is 0 Å². The SMILES string of the molecule is COC(=O)COc1ccc(S(=O)(=O)NC2CCCCCCC2)cc1C. The number of nitrogens with one attached hydrogen (secondary N) is 1. The number of methoxy groups -OCH3 is 1. The third-order valence-electron chi connectivity index (χ3n) is 4.46. The van der Waals surface area contributed by atoms with Crippen molar-refractivity contribution >= 4 is 16.0 Å². The Morgan fingerprint density at radius 1 is 1.16 bits per heavy atom. The fraction of sp³-hybridized carbons (Fsp3) is 0.611. The smallest absolute Gasteiger partial charge is 0.343 e. The number of hydrogen-bond acceptors (Lipinski definition) is 5. The molecule has 0 aromatic heterocycles. The first-order valence-electron chi connectivity index (χ1n) is 8.75. The Kier molecular flexibility index (Phi) is 7.25. The van der Waals surface area contributed by atoms with Gasteiger partial charge in [0.15, 0.2) is 6.61 Å². The monoisotopic (exact) mass is 369 g/mol. The first kappa shape index (κ1) is 19.7. The van der Waals surface area contributed by atoms with Crippen LogP contribution in [0.3, 0.4) is 0 Å². The van der Waals surface area contributed by atoms with E-state index in [1.165, 1.54) is 32.4 Å². The Hall–Kier alpha value is -1.60. The third kappa shape index (κ3) is 6.01. The molecule has 140 valence electrons. The second-order valence-corrected chi connectivity index (χ2v) is 8.17. The lowest BCUT2D eigenvalue weighted by molar-refractivity contribution is -0.142. The van der Waals surface area contributed by atoms with Gasteiger partial charge in [-0.15, -0.1) is 0 Å². The normalized spacial score (nSPS) is 16.7. The number of benzene rings is 1. The van der Waals surface area contributed by atoms with E-state index in [0.717, 1.165) is 25.7 Å². The first-order chi connectivity index (χ1) is 11.9. The molecule has 1 aliphatic carbocycles. The van der Waals surface area contributed by atoms with Crippen molar-refractivity contribution in [2.75, 3.05) is 13.7 Å². The maximum atomic E-state index is 12.6. The van der Waals surface area contributed by atoms with Crippen LogP contribution in [0.25, 0.3) is 0 Å².